The summed E-state index contributed by atoms with van der Waals surface area (Å²) in [6, 6.07) is 11.7. The summed E-state index contributed by atoms with van der Waals surface area (Å²) in [5.74, 6) is -0.0361. The van der Waals surface area contributed by atoms with E-state index in [2.05, 4.69) is 10.6 Å². The van der Waals surface area contributed by atoms with Crippen molar-refractivity contribution in [1.82, 2.24) is 5.32 Å². The van der Waals surface area contributed by atoms with Gasteiger partial charge < -0.3 is 15.5 Å². The van der Waals surface area contributed by atoms with Crippen LogP contribution in [-0.2, 0) is 4.79 Å². The molecule has 7 heteroatoms. The van der Waals surface area contributed by atoms with E-state index < -0.39 is 0 Å². The molecule has 2 aromatic carbocycles. The molecule has 1 heterocycles. The van der Waals surface area contributed by atoms with Gasteiger partial charge in [-0.25, -0.2) is 4.79 Å². The van der Waals surface area contributed by atoms with Gasteiger partial charge in [0, 0.05) is 34.4 Å². The third-order valence-electron chi connectivity index (χ3n) is 4.03. The Bertz CT molecular complexity index is 808. The van der Waals surface area contributed by atoms with Crippen molar-refractivity contribution in [2.24, 2.45) is 0 Å². The van der Waals surface area contributed by atoms with Crippen LogP contribution in [0.4, 0.5) is 16.2 Å². The summed E-state index contributed by atoms with van der Waals surface area (Å²) in [6.07, 6.45) is 0.255. The first-order valence-corrected chi connectivity index (χ1v) is 8.57. The number of carbonyl (C=O) groups is 2. The molecule has 25 heavy (non-hydrogen) atoms. The number of urea groups is 1. The summed E-state index contributed by atoms with van der Waals surface area (Å²) in [5.41, 5.74) is 2.31. The molecule has 1 fully saturated rings. The molecule has 0 aliphatic carbocycles. The summed E-state index contributed by atoms with van der Waals surface area (Å²) < 4.78 is 0. The molecule has 0 saturated carbocycles. The Labute approximate surface area is 155 Å². The van der Waals surface area contributed by atoms with E-state index in [4.69, 9.17) is 23.2 Å². The van der Waals surface area contributed by atoms with Crippen molar-refractivity contribution in [3.63, 3.8) is 0 Å². The summed E-state index contributed by atoms with van der Waals surface area (Å²) in [5, 5.41) is 6.75. The zero-order valence-electron chi connectivity index (χ0n) is 13.6. The predicted molar refractivity (Wildman–Crippen MR) is 101 cm³/mol. The number of amides is 3. The molecule has 1 atom stereocenters. The van der Waals surface area contributed by atoms with E-state index in [-0.39, 0.29) is 24.4 Å². The van der Waals surface area contributed by atoms with Crippen LogP contribution in [0.1, 0.15) is 12.0 Å². The Morgan fingerprint density at radius 1 is 1.16 bits per heavy atom. The zero-order chi connectivity index (χ0) is 18.0. The van der Waals surface area contributed by atoms with E-state index >= 15 is 0 Å². The zero-order valence-corrected chi connectivity index (χ0v) is 15.1. The number of carbonyl (C=O) groups excluding carboxylic acids is 2. The third-order valence-corrected chi connectivity index (χ3v) is 4.69. The molecule has 1 aliphatic heterocycles. The van der Waals surface area contributed by atoms with E-state index in [0.717, 1.165) is 11.3 Å². The molecule has 130 valence electrons. The molecular weight excluding hydrogens is 361 g/mol. The fraction of sp³-hybridized carbons (Fsp3) is 0.222. The second kappa shape index (κ2) is 7.33. The highest BCUT2D eigenvalue weighted by atomic mass is 35.5. The van der Waals surface area contributed by atoms with Crippen molar-refractivity contribution < 1.29 is 9.59 Å². The number of benzene rings is 2. The number of hydrogen-bond donors (Lipinski definition) is 2. The second-order valence-electron chi connectivity index (χ2n) is 5.94. The van der Waals surface area contributed by atoms with Gasteiger partial charge in [0.15, 0.2) is 0 Å². The van der Waals surface area contributed by atoms with Crippen LogP contribution in [0.5, 0.6) is 0 Å². The van der Waals surface area contributed by atoms with Gasteiger partial charge in [-0.2, -0.15) is 0 Å². The SMILES string of the molecule is Cc1ccc(NC(=O)N[C@H]2CC(=O)N(c3ccc(Cl)cc3)C2)cc1Cl. The Balaban J connectivity index is 1.60. The lowest BCUT2D eigenvalue weighted by molar-refractivity contribution is -0.117. The van der Waals surface area contributed by atoms with E-state index in [0.29, 0.717) is 22.3 Å². The van der Waals surface area contributed by atoms with Crippen molar-refractivity contribution in [3.8, 4) is 0 Å². The first-order chi connectivity index (χ1) is 11.9. The van der Waals surface area contributed by atoms with Crippen LogP contribution in [0, 0.1) is 6.92 Å². The van der Waals surface area contributed by atoms with E-state index in [1.54, 1.807) is 41.3 Å². The highest BCUT2D eigenvalue weighted by molar-refractivity contribution is 6.31. The quantitative estimate of drug-likeness (QED) is 0.840. The van der Waals surface area contributed by atoms with Crippen LogP contribution in [-0.4, -0.2) is 24.5 Å². The Hall–Kier alpha value is -2.24. The van der Waals surface area contributed by atoms with Crippen LogP contribution >= 0.6 is 23.2 Å². The van der Waals surface area contributed by atoms with E-state index in [1.807, 2.05) is 13.0 Å². The minimum absolute atomic E-state index is 0.0361. The molecule has 0 radical (unpaired) electrons. The lowest BCUT2D eigenvalue weighted by Crippen LogP contribution is -2.39. The number of aryl methyl sites for hydroxylation is 1. The molecule has 0 spiro atoms. The Morgan fingerprint density at radius 2 is 1.88 bits per heavy atom. The van der Waals surface area contributed by atoms with Gasteiger partial charge in [0.2, 0.25) is 5.91 Å². The average molecular weight is 378 g/mol. The van der Waals surface area contributed by atoms with Crippen molar-refractivity contribution in [3.05, 3.63) is 58.1 Å². The van der Waals surface area contributed by atoms with Crippen LogP contribution in [0.3, 0.4) is 0 Å². The van der Waals surface area contributed by atoms with E-state index in [1.165, 1.54) is 0 Å². The maximum absolute atomic E-state index is 12.2. The van der Waals surface area contributed by atoms with Crippen LogP contribution in [0.2, 0.25) is 10.0 Å². The van der Waals surface area contributed by atoms with Crippen LogP contribution in [0.25, 0.3) is 0 Å². The predicted octanol–water partition coefficient (Wildman–Crippen LogP) is 4.23. The fourth-order valence-electron chi connectivity index (χ4n) is 2.70. The first-order valence-electron chi connectivity index (χ1n) is 7.82. The normalized spacial score (nSPS) is 16.8. The van der Waals surface area contributed by atoms with Crippen molar-refractivity contribution >= 4 is 46.5 Å². The molecule has 1 aliphatic rings. The lowest BCUT2D eigenvalue weighted by Gasteiger charge is -2.17. The van der Waals surface area contributed by atoms with Gasteiger partial charge in [0.25, 0.3) is 0 Å². The topological polar surface area (TPSA) is 61.4 Å². The summed E-state index contributed by atoms with van der Waals surface area (Å²) in [4.78, 5) is 26.0. The van der Waals surface area contributed by atoms with Gasteiger partial charge in [-0.3, -0.25) is 4.79 Å². The van der Waals surface area contributed by atoms with Gasteiger partial charge in [-0.05, 0) is 48.9 Å². The number of anilines is 2. The lowest BCUT2D eigenvalue weighted by atomic mass is 10.2. The molecule has 5 nitrogen and oxygen atoms in total. The molecule has 2 aromatic rings. The third kappa shape index (κ3) is 4.24. The average Bonchev–Trinajstić information content (AvgIpc) is 2.92. The van der Waals surface area contributed by atoms with Crippen LogP contribution in [0.15, 0.2) is 42.5 Å². The molecule has 0 unspecified atom stereocenters. The maximum atomic E-state index is 12.2. The van der Waals surface area contributed by atoms with Gasteiger partial charge in [0.05, 0.1) is 6.04 Å². The van der Waals surface area contributed by atoms with Gasteiger partial charge in [-0.1, -0.05) is 29.3 Å². The number of rotatable bonds is 3. The van der Waals surface area contributed by atoms with Crippen LogP contribution < -0.4 is 15.5 Å². The van der Waals surface area contributed by atoms with E-state index in [9.17, 15) is 9.59 Å². The second-order valence-corrected chi connectivity index (χ2v) is 6.79. The van der Waals surface area contributed by atoms with Crippen molar-refractivity contribution in [1.29, 1.82) is 0 Å². The largest absolute Gasteiger partial charge is 0.333 e. The first kappa shape index (κ1) is 17.6. The highest BCUT2D eigenvalue weighted by Crippen LogP contribution is 2.24. The fourth-order valence-corrected chi connectivity index (χ4v) is 3.00. The molecule has 3 amide bonds. The minimum atomic E-state index is -0.365. The Kier molecular flexibility index (Phi) is 5.16. The molecule has 0 aromatic heterocycles. The number of hydrogen-bond acceptors (Lipinski definition) is 2. The number of nitrogens with zero attached hydrogens (tertiary/aromatic N) is 1. The Morgan fingerprint density at radius 3 is 2.56 bits per heavy atom. The molecular formula is C18H17Cl2N3O2. The maximum Gasteiger partial charge on any atom is 0.319 e. The minimum Gasteiger partial charge on any atom is -0.333 e. The van der Waals surface area contributed by atoms with Gasteiger partial charge >= 0.3 is 6.03 Å². The van der Waals surface area contributed by atoms with Gasteiger partial charge in [-0.15, -0.1) is 0 Å². The number of halogens is 2. The highest BCUT2D eigenvalue weighted by Gasteiger charge is 2.31. The van der Waals surface area contributed by atoms with Gasteiger partial charge in [0.1, 0.15) is 0 Å². The molecule has 0 bridgehead atoms. The summed E-state index contributed by atoms with van der Waals surface area (Å²) in [6.45, 7) is 2.31. The standard InChI is InChI=1S/C18H17Cl2N3O2/c1-11-2-5-13(8-16(11)20)21-18(25)22-14-9-17(24)23(10-14)15-6-3-12(19)4-7-15/h2-8,14H,9-10H2,1H3,(H2,21,22,25)/t14-/m0/s1. The summed E-state index contributed by atoms with van der Waals surface area (Å²) >= 11 is 11.9. The molecule has 2 N–H and O–H groups in total. The van der Waals surface area contributed by atoms with Crippen molar-refractivity contribution in [2.45, 2.75) is 19.4 Å². The smallest absolute Gasteiger partial charge is 0.319 e. The monoisotopic (exact) mass is 377 g/mol. The number of nitrogens with one attached hydrogen (secondary N) is 2. The molecule has 3 rings (SSSR count). The van der Waals surface area contributed by atoms with Crippen molar-refractivity contribution in [2.75, 3.05) is 16.8 Å². The summed E-state index contributed by atoms with van der Waals surface area (Å²) in [7, 11) is 0. The molecule has 1 saturated heterocycles.